The van der Waals surface area contributed by atoms with Gasteiger partial charge in [0.05, 0.1) is 0 Å². The maximum absolute atomic E-state index is 5.88. The normalized spacial score (nSPS) is 14.2. The second-order valence-electron chi connectivity index (χ2n) is 12.9. The minimum absolute atomic E-state index is 0.153. The maximum Gasteiger partial charge on any atom is 0.127 e. The molecule has 1 aromatic heterocycles. The molecule has 0 unspecified atom stereocenters. The predicted molar refractivity (Wildman–Crippen MR) is 149 cm³/mol. The first-order valence-corrected chi connectivity index (χ1v) is 12.1. The highest BCUT2D eigenvalue weighted by molar-refractivity contribution is 5.51. The van der Waals surface area contributed by atoms with Crippen molar-refractivity contribution in [1.29, 1.82) is 0 Å². The average Bonchev–Trinajstić information content (AvgIpc) is 3.04. The molecule has 1 rings (SSSR count). The highest BCUT2D eigenvalue weighted by Crippen LogP contribution is 2.40. The van der Waals surface area contributed by atoms with Crippen molar-refractivity contribution in [2.45, 2.75) is 83.1 Å². The van der Waals surface area contributed by atoms with E-state index in [1.165, 1.54) is 11.1 Å². The molecule has 0 fully saturated rings. The zero-order valence-corrected chi connectivity index (χ0v) is 23.3. The van der Waals surface area contributed by atoms with Gasteiger partial charge in [-0.05, 0) is 45.9 Å². The minimum atomic E-state index is 0.153. The molecule has 0 atom stereocenters. The summed E-state index contributed by atoms with van der Waals surface area (Å²) in [7, 11) is 0. The summed E-state index contributed by atoms with van der Waals surface area (Å²) in [6.45, 7) is 27.2. The SMILES string of the molecule is CC(C)(C)C(=C/C=C/C=C/c1ccc(/C=C/C=C/C=C(C(C)(C)C)C(C)(C)C)o1)C(C)(C)C. The summed E-state index contributed by atoms with van der Waals surface area (Å²) in [5.41, 5.74) is 3.48. The van der Waals surface area contributed by atoms with Crippen LogP contribution in [0.5, 0.6) is 0 Å². The largest absolute Gasteiger partial charge is 0.457 e. The van der Waals surface area contributed by atoms with Gasteiger partial charge < -0.3 is 4.42 Å². The quantitative estimate of drug-likeness (QED) is 0.394. The minimum Gasteiger partial charge on any atom is -0.457 e. The van der Waals surface area contributed by atoms with E-state index in [4.69, 9.17) is 4.42 Å². The molecular formula is C32H48O. The molecule has 0 aliphatic rings. The molecule has 1 heterocycles. The van der Waals surface area contributed by atoms with Crippen molar-refractivity contribution >= 4 is 12.2 Å². The summed E-state index contributed by atoms with van der Waals surface area (Å²) < 4.78 is 5.88. The van der Waals surface area contributed by atoms with Gasteiger partial charge in [-0.1, -0.05) is 143 Å². The lowest BCUT2D eigenvalue weighted by molar-refractivity contribution is 0.362. The third kappa shape index (κ3) is 10.5. The van der Waals surface area contributed by atoms with Crippen molar-refractivity contribution in [2.75, 3.05) is 0 Å². The summed E-state index contributed by atoms with van der Waals surface area (Å²) >= 11 is 0. The van der Waals surface area contributed by atoms with Crippen molar-refractivity contribution < 1.29 is 4.42 Å². The van der Waals surface area contributed by atoms with Crippen molar-refractivity contribution in [3.63, 3.8) is 0 Å². The highest BCUT2D eigenvalue weighted by Gasteiger charge is 2.27. The molecule has 0 aliphatic carbocycles. The van der Waals surface area contributed by atoms with Gasteiger partial charge in [0.15, 0.2) is 0 Å². The fourth-order valence-electron chi connectivity index (χ4n) is 4.53. The van der Waals surface area contributed by atoms with Crippen LogP contribution < -0.4 is 0 Å². The van der Waals surface area contributed by atoms with E-state index in [1.54, 1.807) is 0 Å². The molecule has 0 bridgehead atoms. The summed E-state index contributed by atoms with van der Waals surface area (Å²) in [5.74, 6) is 1.70. The molecule has 0 amide bonds. The number of furan rings is 1. The van der Waals surface area contributed by atoms with E-state index in [0.29, 0.717) is 0 Å². The van der Waals surface area contributed by atoms with E-state index >= 15 is 0 Å². The van der Waals surface area contributed by atoms with Crippen LogP contribution in [-0.2, 0) is 0 Å². The van der Waals surface area contributed by atoms with Gasteiger partial charge in [0, 0.05) is 0 Å². The number of allylic oxidation sites excluding steroid dienone is 10. The van der Waals surface area contributed by atoms with E-state index < -0.39 is 0 Å². The molecular weight excluding hydrogens is 400 g/mol. The molecule has 0 saturated heterocycles. The van der Waals surface area contributed by atoms with Crippen molar-refractivity contribution in [3.8, 4) is 0 Å². The predicted octanol–water partition coefficient (Wildman–Crippen LogP) is 10.5. The molecule has 0 aromatic carbocycles. The fourth-order valence-corrected chi connectivity index (χ4v) is 4.53. The van der Waals surface area contributed by atoms with E-state index in [1.807, 2.05) is 36.4 Å². The molecule has 1 heteroatoms. The van der Waals surface area contributed by atoms with Crippen LogP contribution in [0.3, 0.4) is 0 Å². The molecule has 1 aromatic rings. The van der Waals surface area contributed by atoms with E-state index in [2.05, 4.69) is 120 Å². The van der Waals surface area contributed by atoms with E-state index in [0.717, 1.165) is 11.5 Å². The van der Waals surface area contributed by atoms with Gasteiger partial charge in [0.25, 0.3) is 0 Å². The smallest absolute Gasteiger partial charge is 0.127 e. The second kappa shape index (κ2) is 11.2. The summed E-state index contributed by atoms with van der Waals surface area (Å²) in [6.07, 6.45) is 20.9. The molecule has 33 heavy (non-hydrogen) atoms. The Labute approximate surface area is 204 Å². The lowest BCUT2D eigenvalue weighted by Crippen LogP contribution is -2.22. The standard InChI is InChI=1S/C32H48O/c1-29(2,3)27(30(4,5)6)21-17-13-15-19-25-23-24-26(33-25)20-16-14-18-22-28(31(7,8)9)32(10,11)12/h13-24H,1-12H3/b17-13+,18-14+,19-15+,20-16+. The van der Waals surface area contributed by atoms with Gasteiger partial charge in [-0.3, -0.25) is 0 Å². The summed E-state index contributed by atoms with van der Waals surface area (Å²) in [4.78, 5) is 0. The van der Waals surface area contributed by atoms with Crippen molar-refractivity contribution in [3.05, 3.63) is 83.4 Å². The van der Waals surface area contributed by atoms with Gasteiger partial charge in [-0.2, -0.15) is 0 Å². The topological polar surface area (TPSA) is 13.1 Å². The van der Waals surface area contributed by atoms with Crippen molar-refractivity contribution in [1.82, 2.24) is 0 Å². The Morgan fingerprint density at radius 1 is 0.485 bits per heavy atom. The molecule has 1 nitrogen and oxygen atoms in total. The molecule has 0 saturated carbocycles. The van der Waals surface area contributed by atoms with Gasteiger partial charge >= 0.3 is 0 Å². The van der Waals surface area contributed by atoms with Crippen LogP contribution in [0.15, 0.2) is 76.3 Å². The monoisotopic (exact) mass is 448 g/mol. The highest BCUT2D eigenvalue weighted by atomic mass is 16.3. The number of hydrogen-bond donors (Lipinski definition) is 0. The first-order valence-electron chi connectivity index (χ1n) is 12.1. The lowest BCUT2D eigenvalue weighted by atomic mass is 9.72. The van der Waals surface area contributed by atoms with Crippen LogP contribution in [0.25, 0.3) is 12.2 Å². The number of rotatable bonds is 6. The third-order valence-corrected chi connectivity index (χ3v) is 5.37. The fraction of sp³-hybridized carbons (Fsp3) is 0.500. The lowest BCUT2D eigenvalue weighted by Gasteiger charge is -2.33. The maximum atomic E-state index is 5.88. The molecule has 0 N–H and O–H groups in total. The van der Waals surface area contributed by atoms with Crippen molar-refractivity contribution in [2.24, 2.45) is 21.7 Å². The Morgan fingerprint density at radius 2 is 0.788 bits per heavy atom. The zero-order chi connectivity index (χ0) is 25.5. The first-order chi connectivity index (χ1) is 14.9. The Hall–Kier alpha value is -2.28. The van der Waals surface area contributed by atoms with Crippen LogP contribution >= 0.6 is 0 Å². The second-order valence-corrected chi connectivity index (χ2v) is 12.9. The summed E-state index contributed by atoms with van der Waals surface area (Å²) in [6, 6.07) is 3.99. The Morgan fingerprint density at radius 3 is 1.06 bits per heavy atom. The van der Waals surface area contributed by atoms with Crippen LogP contribution in [0.2, 0.25) is 0 Å². The molecule has 0 radical (unpaired) electrons. The Balaban J connectivity index is 2.80. The van der Waals surface area contributed by atoms with Crippen LogP contribution in [-0.4, -0.2) is 0 Å². The summed E-state index contributed by atoms with van der Waals surface area (Å²) in [5, 5.41) is 0. The van der Waals surface area contributed by atoms with Gasteiger partial charge in [0.1, 0.15) is 11.5 Å². The molecule has 0 spiro atoms. The van der Waals surface area contributed by atoms with Gasteiger partial charge in [-0.25, -0.2) is 0 Å². The number of hydrogen-bond acceptors (Lipinski definition) is 1. The first kappa shape index (κ1) is 28.8. The van der Waals surface area contributed by atoms with Gasteiger partial charge in [0.2, 0.25) is 0 Å². The zero-order valence-electron chi connectivity index (χ0n) is 23.3. The molecule has 182 valence electrons. The van der Waals surface area contributed by atoms with Crippen LogP contribution in [0.1, 0.15) is 94.6 Å². The van der Waals surface area contributed by atoms with E-state index in [9.17, 15) is 0 Å². The Kier molecular flexibility index (Phi) is 9.79. The Bertz CT molecular complexity index is 816. The van der Waals surface area contributed by atoms with Crippen LogP contribution in [0, 0.1) is 21.7 Å². The average molecular weight is 449 g/mol. The van der Waals surface area contributed by atoms with Crippen LogP contribution in [0.4, 0.5) is 0 Å². The van der Waals surface area contributed by atoms with E-state index in [-0.39, 0.29) is 21.7 Å². The molecule has 0 aliphatic heterocycles. The third-order valence-electron chi connectivity index (χ3n) is 5.37. The van der Waals surface area contributed by atoms with Gasteiger partial charge in [-0.15, -0.1) is 0 Å².